The third-order valence-corrected chi connectivity index (χ3v) is 3.20. The molecule has 1 aromatic rings. The molecular weight excluding hydrogens is 250 g/mol. The van der Waals surface area contributed by atoms with E-state index in [9.17, 15) is 8.42 Å². The van der Waals surface area contributed by atoms with Gasteiger partial charge >= 0.3 is 0 Å². The van der Waals surface area contributed by atoms with Gasteiger partial charge in [0.15, 0.2) is 0 Å². The molecule has 0 spiro atoms. The minimum atomic E-state index is -2.99. The second-order valence-electron chi connectivity index (χ2n) is 3.63. The van der Waals surface area contributed by atoms with Crippen LogP contribution in [0.25, 0.3) is 0 Å². The van der Waals surface area contributed by atoms with E-state index in [0.717, 1.165) is 0 Å². The number of nitrogens with two attached hydrogens (primary N) is 1. The van der Waals surface area contributed by atoms with Crippen LogP contribution < -0.4 is 10.6 Å². The van der Waals surface area contributed by atoms with E-state index >= 15 is 0 Å². The maximum atomic E-state index is 11.0. The van der Waals surface area contributed by atoms with E-state index < -0.39 is 9.84 Å². The first-order valence-corrected chi connectivity index (χ1v) is 7.03. The molecule has 0 fully saturated rings. The van der Waals surface area contributed by atoms with Gasteiger partial charge in [0.1, 0.15) is 15.7 Å². The Kier molecular flexibility index (Phi) is 3.98. The Morgan fingerprint density at radius 2 is 2.19 bits per heavy atom. The second-order valence-corrected chi connectivity index (χ2v) is 6.29. The van der Waals surface area contributed by atoms with Gasteiger partial charge in [-0.15, -0.1) is 0 Å². The Bertz CT molecular complexity index is 476. The van der Waals surface area contributed by atoms with Crippen LogP contribution in [-0.4, -0.2) is 39.0 Å². The summed E-state index contributed by atoms with van der Waals surface area (Å²) >= 11 is 5.94. The Labute approximate surface area is 100 Å². The highest BCUT2D eigenvalue weighted by Crippen LogP contribution is 2.23. The van der Waals surface area contributed by atoms with Crippen LogP contribution in [0.2, 0.25) is 5.02 Å². The molecule has 0 aliphatic carbocycles. The van der Waals surface area contributed by atoms with E-state index in [2.05, 4.69) is 4.98 Å². The summed E-state index contributed by atoms with van der Waals surface area (Å²) in [5.41, 5.74) is 5.99. The number of hydrogen-bond acceptors (Lipinski definition) is 5. The molecule has 0 aliphatic rings. The fourth-order valence-corrected chi connectivity index (χ4v) is 2.06. The van der Waals surface area contributed by atoms with Crippen LogP contribution in [0.5, 0.6) is 0 Å². The topological polar surface area (TPSA) is 76.3 Å². The van der Waals surface area contributed by atoms with Crippen molar-refractivity contribution in [3.05, 3.63) is 17.3 Å². The molecule has 0 aliphatic heterocycles. The van der Waals surface area contributed by atoms with Crippen molar-refractivity contribution in [1.82, 2.24) is 4.98 Å². The fourth-order valence-electron chi connectivity index (χ4n) is 1.14. The molecule has 1 heterocycles. The van der Waals surface area contributed by atoms with Crippen LogP contribution in [0.3, 0.4) is 0 Å². The van der Waals surface area contributed by atoms with Gasteiger partial charge in [0.2, 0.25) is 0 Å². The standard InChI is InChI=1S/C9H14ClN3O2S/c1-13(3-4-16(2,14)15)9-8(10)5-7(11)6-12-9/h5-6H,3-4,11H2,1-2H3. The first-order chi connectivity index (χ1) is 7.29. The summed E-state index contributed by atoms with van der Waals surface area (Å²) in [6.07, 6.45) is 2.68. The van der Waals surface area contributed by atoms with Crippen LogP contribution in [-0.2, 0) is 9.84 Å². The van der Waals surface area contributed by atoms with Crippen LogP contribution in [0.4, 0.5) is 11.5 Å². The highest BCUT2D eigenvalue weighted by molar-refractivity contribution is 7.90. The summed E-state index contributed by atoms with van der Waals surface area (Å²) < 4.78 is 22.0. The molecule has 0 aromatic carbocycles. The first kappa shape index (κ1) is 13.1. The number of anilines is 2. The molecule has 90 valence electrons. The van der Waals surface area contributed by atoms with E-state index in [1.165, 1.54) is 12.5 Å². The average molecular weight is 264 g/mol. The van der Waals surface area contributed by atoms with Crippen LogP contribution in [0, 0.1) is 0 Å². The number of nitrogens with zero attached hydrogens (tertiary/aromatic N) is 2. The van der Waals surface area contributed by atoms with E-state index in [1.807, 2.05) is 0 Å². The molecule has 16 heavy (non-hydrogen) atoms. The lowest BCUT2D eigenvalue weighted by molar-refractivity contribution is 0.601. The predicted octanol–water partition coefficient (Wildman–Crippen LogP) is 0.798. The van der Waals surface area contributed by atoms with E-state index in [1.54, 1.807) is 18.0 Å². The van der Waals surface area contributed by atoms with E-state index in [0.29, 0.717) is 23.1 Å². The number of aromatic nitrogens is 1. The van der Waals surface area contributed by atoms with Gasteiger partial charge in [-0.1, -0.05) is 11.6 Å². The fraction of sp³-hybridized carbons (Fsp3) is 0.444. The minimum absolute atomic E-state index is 0.0614. The summed E-state index contributed by atoms with van der Waals surface area (Å²) in [6.45, 7) is 0.343. The zero-order chi connectivity index (χ0) is 12.3. The Morgan fingerprint density at radius 1 is 1.56 bits per heavy atom. The number of sulfone groups is 1. The SMILES string of the molecule is CN(CCS(C)(=O)=O)c1ncc(N)cc1Cl. The van der Waals surface area contributed by atoms with Crippen molar-refractivity contribution >= 4 is 32.9 Å². The number of hydrogen-bond donors (Lipinski definition) is 1. The quantitative estimate of drug-likeness (QED) is 0.870. The maximum Gasteiger partial charge on any atom is 0.149 e. The molecule has 0 radical (unpaired) electrons. The van der Waals surface area contributed by atoms with E-state index in [4.69, 9.17) is 17.3 Å². The first-order valence-electron chi connectivity index (χ1n) is 4.59. The third kappa shape index (κ3) is 3.86. The molecule has 5 nitrogen and oxygen atoms in total. The lowest BCUT2D eigenvalue weighted by Gasteiger charge is -2.18. The van der Waals surface area contributed by atoms with Crippen molar-refractivity contribution in [2.24, 2.45) is 0 Å². The Hall–Kier alpha value is -1.01. The van der Waals surface area contributed by atoms with Crippen LogP contribution in [0.1, 0.15) is 0 Å². The molecule has 7 heteroatoms. The number of halogens is 1. The lowest BCUT2D eigenvalue weighted by atomic mass is 10.4. The molecule has 0 saturated heterocycles. The normalized spacial score (nSPS) is 11.4. The summed E-state index contributed by atoms with van der Waals surface area (Å²) in [7, 11) is -1.25. The Morgan fingerprint density at radius 3 is 2.69 bits per heavy atom. The van der Waals surface area contributed by atoms with Crippen molar-refractivity contribution in [2.45, 2.75) is 0 Å². The van der Waals surface area contributed by atoms with Gasteiger partial charge < -0.3 is 10.6 Å². The Balaban J connectivity index is 2.77. The van der Waals surface area contributed by atoms with E-state index in [-0.39, 0.29) is 5.75 Å². The van der Waals surface area contributed by atoms with Crippen molar-refractivity contribution in [2.75, 3.05) is 36.2 Å². The predicted molar refractivity (Wildman–Crippen MR) is 66.6 cm³/mol. The summed E-state index contributed by atoms with van der Waals surface area (Å²) in [5.74, 6) is 0.589. The summed E-state index contributed by atoms with van der Waals surface area (Å²) in [6, 6.07) is 1.58. The largest absolute Gasteiger partial charge is 0.397 e. The molecule has 0 amide bonds. The zero-order valence-corrected chi connectivity index (χ0v) is 10.7. The molecule has 1 rings (SSSR count). The van der Waals surface area contributed by atoms with Crippen LogP contribution >= 0.6 is 11.6 Å². The zero-order valence-electron chi connectivity index (χ0n) is 9.14. The van der Waals surface area contributed by atoms with Gasteiger partial charge in [0.05, 0.1) is 22.7 Å². The molecular formula is C9H14ClN3O2S. The molecule has 0 bridgehead atoms. The van der Waals surface area contributed by atoms with Gasteiger partial charge in [-0.25, -0.2) is 13.4 Å². The average Bonchev–Trinajstić information content (AvgIpc) is 2.13. The minimum Gasteiger partial charge on any atom is -0.397 e. The lowest BCUT2D eigenvalue weighted by Crippen LogP contribution is -2.25. The monoisotopic (exact) mass is 263 g/mol. The van der Waals surface area contributed by atoms with Gasteiger partial charge in [0, 0.05) is 19.8 Å². The van der Waals surface area contributed by atoms with Gasteiger partial charge in [-0.2, -0.15) is 0 Å². The number of nitrogen functional groups attached to an aromatic ring is 1. The molecule has 0 saturated carbocycles. The van der Waals surface area contributed by atoms with Crippen molar-refractivity contribution in [1.29, 1.82) is 0 Å². The highest BCUT2D eigenvalue weighted by Gasteiger charge is 2.10. The number of rotatable bonds is 4. The van der Waals surface area contributed by atoms with Crippen molar-refractivity contribution in [3.8, 4) is 0 Å². The number of pyridine rings is 1. The highest BCUT2D eigenvalue weighted by atomic mass is 35.5. The smallest absolute Gasteiger partial charge is 0.149 e. The molecule has 1 aromatic heterocycles. The van der Waals surface area contributed by atoms with Gasteiger partial charge in [0.25, 0.3) is 0 Å². The summed E-state index contributed by atoms with van der Waals surface area (Å²) in [4.78, 5) is 5.74. The molecule has 2 N–H and O–H groups in total. The van der Waals surface area contributed by atoms with Crippen LogP contribution in [0.15, 0.2) is 12.3 Å². The third-order valence-electron chi connectivity index (χ3n) is 2.00. The van der Waals surface area contributed by atoms with Crippen molar-refractivity contribution in [3.63, 3.8) is 0 Å². The summed E-state index contributed by atoms with van der Waals surface area (Å²) in [5, 5.41) is 0.413. The maximum absolute atomic E-state index is 11.0. The second kappa shape index (κ2) is 4.88. The molecule has 0 atom stereocenters. The van der Waals surface area contributed by atoms with Gasteiger partial charge in [-0.05, 0) is 6.07 Å². The molecule has 0 unspecified atom stereocenters. The van der Waals surface area contributed by atoms with Crippen molar-refractivity contribution < 1.29 is 8.42 Å². The van der Waals surface area contributed by atoms with Gasteiger partial charge in [-0.3, -0.25) is 0 Å².